The summed E-state index contributed by atoms with van der Waals surface area (Å²) in [5, 5.41) is 0. The first-order valence-electron chi connectivity index (χ1n) is 8.59. The summed E-state index contributed by atoms with van der Waals surface area (Å²) in [4.78, 5) is 22.5. The van der Waals surface area contributed by atoms with Crippen LogP contribution in [0.25, 0.3) is 0 Å². The molecule has 2 saturated carbocycles. The zero-order valence-corrected chi connectivity index (χ0v) is 14.0. The maximum absolute atomic E-state index is 11.4. The fourth-order valence-electron chi connectivity index (χ4n) is 4.01. The van der Waals surface area contributed by atoms with E-state index in [9.17, 15) is 9.59 Å². The van der Waals surface area contributed by atoms with E-state index in [1.807, 2.05) is 27.7 Å². The van der Waals surface area contributed by atoms with Crippen LogP contribution in [0.3, 0.4) is 0 Å². The molecule has 0 amide bonds. The lowest BCUT2D eigenvalue weighted by molar-refractivity contribution is -0.151. The van der Waals surface area contributed by atoms with E-state index in [0.29, 0.717) is 12.2 Å². The molecule has 4 rings (SSSR count). The van der Waals surface area contributed by atoms with Gasteiger partial charge >= 0.3 is 5.97 Å². The SMILES string of the molecule is CCC(=O)C(C)(C)CC.O=C1OC2CC3CC(C2)CC1C3. The Hall–Kier alpha value is -0.860. The Labute approximate surface area is 128 Å². The third-order valence-electron chi connectivity index (χ3n) is 5.67. The summed E-state index contributed by atoms with van der Waals surface area (Å²) in [6.45, 7) is 7.96. The minimum Gasteiger partial charge on any atom is -0.462 e. The number of carbonyl (C=O) groups excluding carboxylic acids is 2. The molecule has 2 aliphatic heterocycles. The van der Waals surface area contributed by atoms with Gasteiger partial charge in [0.25, 0.3) is 0 Å². The van der Waals surface area contributed by atoms with Crippen molar-refractivity contribution < 1.29 is 14.3 Å². The maximum atomic E-state index is 11.4. The topological polar surface area (TPSA) is 43.4 Å². The van der Waals surface area contributed by atoms with Crippen molar-refractivity contribution in [1.82, 2.24) is 0 Å². The predicted molar refractivity (Wildman–Crippen MR) is 82.8 cm³/mol. The third kappa shape index (κ3) is 3.87. The quantitative estimate of drug-likeness (QED) is 0.735. The Balaban J connectivity index is 0.000000163. The van der Waals surface area contributed by atoms with E-state index in [4.69, 9.17) is 4.74 Å². The average Bonchev–Trinajstić information content (AvgIpc) is 2.62. The minimum atomic E-state index is -0.0885. The van der Waals surface area contributed by atoms with Crippen LogP contribution in [0.1, 0.15) is 72.6 Å². The normalized spacial score (nSPS) is 33.8. The number of ether oxygens (including phenoxy) is 1. The van der Waals surface area contributed by atoms with Crippen LogP contribution in [0, 0.1) is 23.2 Å². The molecule has 4 fully saturated rings. The molecule has 4 aliphatic rings. The van der Waals surface area contributed by atoms with Crippen LogP contribution in [0.15, 0.2) is 0 Å². The third-order valence-corrected chi connectivity index (χ3v) is 5.67. The highest BCUT2D eigenvalue weighted by atomic mass is 16.5. The second-order valence-electron chi connectivity index (χ2n) is 7.68. The molecule has 0 aromatic heterocycles. The van der Waals surface area contributed by atoms with Gasteiger partial charge in [0.15, 0.2) is 0 Å². The second-order valence-corrected chi connectivity index (χ2v) is 7.68. The van der Waals surface area contributed by atoms with Crippen molar-refractivity contribution in [3.63, 3.8) is 0 Å². The summed E-state index contributed by atoms with van der Waals surface area (Å²) in [5.41, 5.74) is -0.0885. The average molecular weight is 294 g/mol. The van der Waals surface area contributed by atoms with E-state index >= 15 is 0 Å². The Morgan fingerprint density at radius 2 is 1.67 bits per heavy atom. The lowest BCUT2D eigenvalue weighted by atomic mass is 9.68. The fraction of sp³-hybridized carbons (Fsp3) is 0.889. The zero-order chi connectivity index (χ0) is 15.6. The van der Waals surface area contributed by atoms with Crippen molar-refractivity contribution in [2.75, 3.05) is 0 Å². The fourth-order valence-corrected chi connectivity index (χ4v) is 4.01. The molecule has 0 aromatic carbocycles. The maximum Gasteiger partial charge on any atom is 0.309 e. The standard InChI is InChI=1S/C10H14O2.C8H16O/c11-10-8-2-6-1-7(3-8)5-9(4-6)12-10;1-5-7(9)8(3,4)6-2/h6-9H,1-5H2;5-6H2,1-4H3. The molecule has 2 atom stereocenters. The highest BCUT2D eigenvalue weighted by molar-refractivity contribution is 5.83. The predicted octanol–water partition coefficient (Wildman–Crippen LogP) is 4.14. The van der Waals surface area contributed by atoms with Gasteiger partial charge in [-0.2, -0.15) is 0 Å². The Bertz CT molecular complexity index is 385. The molecule has 4 bridgehead atoms. The number of hydrogen-bond donors (Lipinski definition) is 0. The first-order valence-corrected chi connectivity index (χ1v) is 8.59. The Morgan fingerprint density at radius 1 is 1.10 bits per heavy atom. The van der Waals surface area contributed by atoms with Crippen molar-refractivity contribution >= 4 is 11.8 Å². The Morgan fingerprint density at radius 3 is 2.10 bits per heavy atom. The largest absolute Gasteiger partial charge is 0.462 e. The number of rotatable bonds is 3. The number of esters is 1. The van der Waals surface area contributed by atoms with Crippen LogP contribution in [-0.2, 0) is 14.3 Å². The highest BCUT2D eigenvalue weighted by Gasteiger charge is 2.44. The van der Waals surface area contributed by atoms with Gasteiger partial charge in [-0.15, -0.1) is 0 Å². The number of hydrogen-bond acceptors (Lipinski definition) is 3. The second kappa shape index (κ2) is 6.50. The molecule has 21 heavy (non-hydrogen) atoms. The van der Waals surface area contributed by atoms with E-state index in [1.54, 1.807) is 0 Å². The summed E-state index contributed by atoms with van der Waals surface area (Å²) in [6.07, 6.45) is 7.80. The molecule has 2 aliphatic carbocycles. The molecule has 0 radical (unpaired) electrons. The van der Waals surface area contributed by atoms with Gasteiger partial charge in [0.1, 0.15) is 11.9 Å². The first kappa shape index (κ1) is 16.5. The summed E-state index contributed by atoms with van der Waals surface area (Å²) in [5.74, 6) is 2.34. The van der Waals surface area contributed by atoms with Crippen LogP contribution in [0.2, 0.25) is 0 Å². The number of Topliss-reactive ketones (excluding diaryl/α,β-unsaturated/α-hetero) is 1. The van der Waals surface area contributed by atoms with Crippen molar-refractivity contribution in [3.8, 4) is 0 Å². The molecule has 3 heteroatoms. The van der Waals surface area contributed by atoms with E-state index in [0.717, 1.165) is 43.9 Å². The van der Waals surface area contributed by atoms with E-state index < -0.39 is 0 Å². The van der Waals surface area contributed by atoms with Gasteiger partial charge in [-0.05, 0) is 50.4 Å². The van der Waals surface area contributed by atoms with E-state index in [2.05, 4.69) is 0 Å². The summed E-state index contributed by atoms with van der Waals surface area (Å²) >= 11 is 0. The summed E-state index contributed by atoms with van der Waals surface area (Å²) < 4.78 is 5.40. The molecule has 3 nitrogen and oxygen atoms in total. The molecule has 120 valence electrons. The van der Waals surface area contributed by atoms with Gasteiger partial charge in [-0.3, -0.25) is 9.59 Å². The zero-order valence-electron chi connectivity index (χ0n) is 14.0. The smallest absolute Gasteiger partial charge is 0.309 e. The van der Waals surface area contributed by atoms with E-state index in [-0.39, 0.29) is 23.4 Å². The number of carbonyl (C=O) groups is 2. The van der Waals surface area contributed by atoms with E-state index in [1.165, 1.54) is 6.42 Å². The van der Waals surface area contributed by atoms with Gasteiger partial charge < -0.3 is 4.74 Å². The van der Waals surface area contributed by atoms with Gasteiger partial charge in [-0.25, -0.2) is 0 Å². The van der Waals surface area contributed by atoms with Gasteiger partial charge in [-0.1, -0.05) is 27.7 Å². The highest BCUT2D eigenvalue weighted by Crippen LogP contribution is 2.46. The molecule has 0 aromatic rings. The minimum absolute atomic E-state index is 0.0885. The van der Waals surface area contributed by atoms with Crippen LogP contribution >= 0.6 is 0 Å². The van der Waals surface area contributed by atoms with Crippen LogP contribution in [0.4, 0.5) is 0 Å². The van der Waals surface area contributed by atoms with Crippen molar-refractivity contribution in [2.45, 2.75) is 78.7 Å². The van der Waals surface area contributed by atoms with Gasteiger partial charge in [0.2, 0.25) is 0 Å². The van der Waals surface area contributed by atoms with Crippen LogP contribution < -0.4 is 0 Å². The number of ketones is 1. The monoisotopic (exact) mass is 294 g/mol. The molecule has 0 spiro atoms. The van der Waals surface area contributed by atoms with Crippen molar-refractivity contribution in [1.29, 1.82) is 0 Å². The van der Waals surface area contributed by atoms with Crippen molar-refractivity contribution in [3.05, 3.63) is 0 Å². The van der Waals surface area contributed by atoms with Crippen molar-refractivity contribution in [2.24, 2.45) is 23.2 Å². The van der Waals surface area contributed by atoms with Gasteiger partial charge in [0.05, 0.1) is 5.92 Å². The molecule has 2 saturated heterocycles. The molecule has 2 unspecified atom stereocenters. The summed E-state index contributed by atoms with van der Waals surface area (Å²) in [7, 11) is 0. The molecular weight excluding hydrogens is 264 g/mol. The van der Waals surface area contributed by atoms with Crippen LogP contribution in [-0.4, -0.2) is 17.9 Å². The number of fused-ring (bicyclic) bond motifs is 1. The molecule has 0 N–H and O–H groups in total. The first-order chi connectivity index (χ1) is 9.85. The van der Waals surface area contributed by atoms with Gasteiger partial charge in [0, 0.05) is 11.8 Å². The molecule has 2 heterocycles. The lowest BCUT2D eigenvalue weighted by Crippen LogP contribution is -2.29. The lowest BCUT2D eigenvalue weighted by Gasteiger charge is -2.35. The van der Waals surface area contributed by atoms with Crippen LogP contribution in [0.5, 0.6) is 0 Å². The summed E-state index contributed by atoms with van der Waals surface area (Å²) in [6, 6.07) is 0. The molecular formula is C18H30O3. The Kier molecular flexibility index (Phi) is 5.11.